The Balaban J connectivity index is 1.88. The fourth-order valence-corrected chi connectivity index (χ4v) is 2.76. The first-order valence-electron chi connectivity index (χ1n) is 7.44. The van der Waals surface area contributed by atoms with Gasteiger partial charge in [-0.2, -0.15) is 0 Å². The smallest absolute Gasteiger partial charge is 0.223 e. The first-order valence-corrected chi connectivity index (χ1v) is 7.44. The number of carbonyl (C=O) groups excluding carboxylic acids is 1. The summed E-state index contributed by atoms with van der Waals surface area (Å²) < 4.78 is 5.22. The molecule has 1 aliphatic heterocycles. The monoisotopic (exact) mass is 292 g/mol. The number of hydrogen-bond donors (Lipinski definition) is 3. The van der Waals surface area contributed by atoms with Crippen LogP contribution in [-0.4, -0.2) is 37.3 Å². The third kappa shape index (κ3) is 4.19. The molecule has 0 radical (unpaired) electrons. The van der Waals surface area contributed by atoms with Gasteiger partial charge in [0, 0.05) is 24.1 Å². The lowest BCUT2D eigenvalue weighted by atomic mass is 9.92. The zero-order chi connectivity index (χ0) is 15.2. The summed E-state index contributed by atoms with van der Waals surface area (Å²) in [6.45, 7) is 3.16. The van der Waals surface area contributed by atoms with Crippen LogP contribution in [0, 0.1) is 5.92 Å². The highest BCUT2D eigenvalue weighted by molar-refractivity contribution is 5.78. The second-order valence-electron chi connectivity index (χ2n) is 5.58. The van der Waals surface area contributed by atoms with E-state index in [0.717, 1.165) is 19.4 Å². The molecule has 3 atom stereocenters. The van der Waals surface area contributed by atoms with E-state index in [2.05, 4.69) is 17.6 Å². The quantitative estimate of drug-likeness (QED) is 0.763. The highest BCUT2D eigenvalue weighted by atomic mass is 16.5. The van der Waals surface area contributed by atoms with E-state index in [9.17, 15) is 9.90 Å². The number of rotatable bonds is 5. The number of aliphatic hydroxyl groups excluding tert-OH is 1. The summed E-state index contributed by atoms with van der Waals surface area (Å²) in [5, 5.41) is 16.4. The molecule has 2 rings (SSSR count). The van der Waals surface area contributed by atoms with Gasteiger partial charge in [-0.1, -0.05) is 18.2 Å². The van der Waals surface area contributed by atoms with Crippen LogP contribution >= 0.6 is 0 Å². The van der Waals surface area contributed by atoms with Crippen LogP contribution in [0.2, 0.25) is 0 Å². The fourth-order valence-electron chi connectivity index (χ4n) is 2.76. The Kier molecular flexibility index (Phi) is 5.59. The maximum absolute atomic E-state index is 12.2. The third-order valence-corrected chi connectivity index (χ3v) is 3.96. The minimum absolute atomic E-state index is 0.0253. The lowest BCUT2D eigenvalue weighted by molar-refractivity contribution is -0.126. The summed E-state index contributed by atoms with van der Waals surface area (Å²) in [5.41, 5.74) is 0.693. The number of benzene rings is 1. The summed E-state index contributed by atoms with van der Waals surface area (Å²) in [5.74, 6) is 0.693. The zero-order valence-electron chi connectivity index (χ0n) is 12.6. The van der Waals surface area contributed by atoms with Crippen molar-refractivity contribution in [2.24, 2.45) is 5.92 Å². The van der Waals surface area contributed by atoms with Gasteiger partial charge in [0.15, 0.2) is 0 Å². The summed E-state index contributed by atoms with van der Waals surface area (Å²) in [7, 11) is 1.57. The van der Waals surface area contributed by atoms with Crippen LogP contribution in [-0.2, 0) is 4.79 Å². The van der Waals surface area contributed by atoms with Crippen molar-refractivity contribution in [2.75, 3.05) is 20.2 Å². The number of para-hydroxylation sites is 1. The fraction of sp³-hybridized carbons (Fsp3) is 0.562. The maximum atomic E-state index is 12.2. The van der Waals surface area contributed by atoms with E-state index in [1.807, 2.05) is 18.2 Å². The third-order valence-electron chi connectivity index (χ3n) is 3.96. The Hall–Kier alpha value is -1.59. The predicted octanol–water partition coefficient (Wildman–Crippen LogP) is 1.23. The van der Waals surface area contributed by atoms with E-state index in [0.29, 0.717) is 17.4 Å². The van der Waals surface area contributed by atoms with E-state index >= 15 is 0 Å². The van der Waals surface area contributed by atoms with E-state index < -0.39 is 6.10 Å². The second kappa shape index (κ2) is 7.43. The van der Waals surface area contributed by atoms with E-state index in [4.69, 9.17) is 4.74 Å². The van der Waals surface area contributed by atoms with Crippen molar-refractivity contribution in [2.45, 2.75) is 31.9 Å². The number of carbonyl (C=O) groups is 1. The summed E-state index contributed by atoms with van der Waals surface area (Å²) in [4.78, 5) is 12.2. The van der Waals surface area contributed by atoms with Gasteiger partial charge in [-0.05, 0) is 32.4 Å². The van der Waals surface area contributed by atoms with Gasteiger partial charge < -0.3 is 20.5 Å². The molecule has 1 heterocycles. The minimum Gasteiger partial charge on any atom is -0.496 e. The number of ether oxygens (including phenoxy) is 1. The summed E-state index contributed by atoms with van der Waals surface area (Å²) >= 11 is 0. The molecule has 1 aliphatic rings. The average Bonchev–Trinajstić information content (AvgIpc) is 2.52. The first-order chi connectivity index (χ1) is 10.1. The van der Waals surface area contributed by atoms with Gasteiger partial charge in [0.1, 0.15) is 5.75 Å². The molecule has 0 spiro atoms. The summed E-state index contributed by atoms with van der Waals surface area (Å²) in [6, 6.07) is 7.67. The zero-order valence-corrected chi connectivity index (χ0v) is 12.6. The van der Waals surface area contributed by atoms with E-state index in [1.54, 1.807) is 13.2 Å². The van der Waals surface area contributed by atoms with Crippen molar-refractivity contribution in [3.05, 3.63) is 29.8 Å². The molecule has 0 aromatic heterocycles. The Labute approximate surface area is 125 Å². The highest BCUT2D eigenvalue weighted by Crippen LogP contribution is 2.24. The molecule has 5 heteroatoms. The Bertz CT molecular complexity index is 478. The number of aliphatic hydroxyl groups is 1. The standard InChI is InChI=1S/C16H24N2O3/c1-11-9-12(7-8-17-11)16(20)18-10-14(19)13-5-3-4-6-15(13)21-2/h3-6,11-12,14,17,19H,7-10H2,1-2H3,(H,18,20)/t11-,12-,14?/m0/s1. The first kappa shape index (κ1) is 15.8. The predicted molar refractivity (Wildman–Crippen MR) is 81.2 cm³/mol. The lowest BCUT2D eigenvalue weighted by Crippen LogP contribution is -2.43. The van der Waals surface area contributed by atoms with Gasteiger partial charge in [0.25, 0.3) is 0 Å². The van der Waals surface area contributed by atoms with Crippen LogP contribution in [0.1, 0.15) is 31.4 Å². The van der Waals surface area contributed by atoms with Crippen LogP contribution in [0.4, 0.5) is 0 Å². The number of amides is 1. The van der Waals surface area contributed by atoms with Crippen molar-refractivity contribution in [1.29, 1.82) is 0 Å². The lowest BCUT2D eigenvalue weighted by Gasteiger charge is -2.27. The van der Waals surface area contributed by atoms with Gasteiger partial charge in [0.05, 0.1) is 13.2 Å². The van der Waals surface area contributed by atoms with Crippen molar-refractivity contribution >= 4 is 5.91 Å². The number of methoxy groups -OCH3 is 1. The molecule has 1 aromatic rings. The van der Waals surface area contributed by atoms with E-state index in [-0.39, 0.29) is 18.4 Å². The molecule has 1 saturated heterocycles. The minimum atomic E-state index is -0.760. The molecule has 0 aliphatic carbocycles. The molecule has 0 saturated carbocycles. The molecular formula is C16H24N2O3. The van der Waals surface area contributed by atoms with Crippen molar-refractivity contribution in [3.8, 4) is 5.75 Å². The Morgan fingerprint density at radius 3 is 3.00 bits per heavy atom. The normalized spacial score (nSPS) is 23.4. The maximum Gasteiger partial charge on any atom is 0.223 e. The number of nitrogens with one attached hydrogen (secondary N) is 2. The van der Waals surface area contributed by atoms with Gasteiger partial charge in [0.2, 0.25) is 5.91 Å². The molecule has 1 amide bonds. The number of piperidine rings is 1. The highest BCUT2D eigenvalue weighted by Gasteiger charge is 2.25. The molecule has 1 unspecified atom stereocenters. The van der Waals surface area contributed by atoms with E-state index in [1.165, 1.54) is 0 Å². The van der Waals surface area contributed by atoms with Crippen LogP contribution in [0.5, 0.6) is 5.75 Å². The van der Waals surface area contributed by atoms with Crippen LogP contribution in [0.25, 0.3) is 0 Å². The van der Waals surface area contributed by atoms with Crippen molar-refractivity contribution < 1.29 is 14.6 Å². The Morgan fingerprint density at radius 2 is 2.29 bits per heavy atom. The molecule has 0 bridgehead atoms. The van der Waals surface area contributed by atoms with Gasteiger partial charge in [-0.3, -0.25) is 4.79 Å². The number of hydrogen-bond acceptors (Lipinski definition) is 4. The van der Waals surface area contributed by atoms with Gasteiger partial charge in [-0.25, -0.2) is 0 Å². The molecule has 1 aromatic carbocycles. The van der Waals surface area contributed by atoms with Crippen LogP contribution < -0.4 is 15.4 Å². The van der Waals surface area contributed by atoms with Gasteiger partial charge >= 0.3 is 0 Å². The second-order valence-corrected chi connectivity index (χ2v) is 5.58. The SMILES string of the molecule is COc1ccccc1C(O)CNC(=O)[C@H]1CCN[C@@H](C)C1. The largest absolute Gasteiger partial charge is 0.496 e. The van der Waals surface area contributed by atoms with Crippen LogP contribution in [0.15, 0.2) is 24.3 Å². The van der Waals surface area contributed by atoms with Crippen molar-refractivity contribution in [3.63, 3.8) is 0 Å². The molecule has 21 heavy (non-hydrogen) atoms. The molecule has 3 N–H and O–H groups in total. The summed E-state index contributed by atoms with van der Waals surface area (Å²) in [6.07, 6.45) is 0.932. The van der Waals surface area contributed by atoms with Gasteiger partial charge in [-0.15, -0.1) is 0 Å². The molecule has 5 nitrogen and oxygen atoms in total. The molecule has 116 valence electrons. The molecular weight excluding hydrogens is 268 g/mol. The topological polar surface area (TPSA) is 70.6 Å². The molecule has 1 fully saturated rings. The average molecular weight is 292 g/mol. The van der Waals surface area contributed by atoms with Crippen LogP contribution in [0.3, 0.4) is 0 Å². The Morgan fingerprint density at radius 1 is 1.52 bits per heavy atom. The van der Waals surface area contributed by atoms with Crippen molar-refractivity contribution in [1.82, 2.24) is 10.6 Å².